The molecule has 0 amide bonds. The minimum atomic E-state index is -3.50. The van der Waals surface area contributed by atoms with Crippen molar-refractivity contribution in [1.29, 1.82) is 0 Å². The fourth-order valence-electron chi connectivity index (χ4n) is 2.71. The van der Waals surface area contributed by atoms with Crippen molar-refractivity contribution >= 4 is 15.7 Å². The predicted octanol–water partition coefficient (Wildman–Crippen LogP) is 1.88. The summed E-state index contributed by atoms with van der Waals surface area (Å²) in [6.45, 7) is 3.10. The van der Waals surface area contributed by atoms with E-state index in [0.717, 1.165) is 19.3 Å². The maximum absolute atomic E-state index is 12.6. The van der Waals surface area contributed by atoms with Crippen molar-refractivity contribution in [1.82, 2.24) is 9.62 Å². The molecule has 1 aliphatic carbocycles. The maximum Gasteiger partial charge on any atom is 0.242 e. The van der Waals surface area contributed by atoms with Crippen molar-refractivity contribution in [3.63, 3.8) is 0 Å². The summed E-state index contributed by atoms with van der Waals surface area (Å²) in [6, 6.07) is 7.03. The topological polar surface area (TPSA) is 61.4 Å². The molecular formula is C15H25N3O2S. The van der Waals surface area contributed by atoms with Crippen LogP contribution in [0.3, 0.4) is 0 Å². The third kappa shape index (κ3) is 3.39. The van der Waals surface area contributed by atoms with Crippen LogP contribution in [-0.4, -0.2) is 46.0 Å². The second kappa shape index (κ2) is 6.34. The van der Waals surface area contributed by atoms with Gasteiger partial charge in [0.05, 0.1) is 5.69 Å². The average molecular weight is 311 g/mol. The van der Waals surface area contributed by atoms with Gasteiger partial charge in [0.2, 0.25) is 10.0 Å². The van der Waals surface area contributed by atoms with Crippen molar-refractivity contribution in [2.45, 2.75) is 36.6 Å². The molecule has 2 rings (SSSR count). The van der Waals surface area contributed by atoms with Crippen molar-refractivity contribution in [2.24, 2.45) is 0 Å². The van der Waals surface area contributed by atoms with E-state index in [2.05, 4.69) is 14.9 Å². The second-order valence-electron chi connectivity index (χ2n) is 5.82. The van der Waals surface area contributed by atoms with E-state index in [9.17, 15) is 8.42 Å². The fraction of sp³-hybridized carbons (Fsp3) is 0.600. The van der Waals surface area contributed by atoms with E-state index in [0.29, 0.717) is 23.7 Å². The molecule has 0 bridgehead atoms. The van der Waals surface area contributed by atoms with E-state index >= 15 is 0 Å². The number of hydrogen-bond donors (Lipinski definition) is 2. The Morgan fingerprint density at radius 1 is 1.24 bits per heavy atom. The Morgan fingerprint density at radius 2 is 1.90 bits per heavy atom. The monoisotopic (exact) mass is 311 g/mol. The largest absolute Gasteiger partial charge is 0.384 e. The van der Waals surface area contributed by atoms with Gasteiger partial charge in [-0.15, -0.1) is 0 Å². The highest BCUT2D eigenvalue weighted by atomic mass is 32.2. The van der Waals surface area contributed by atoms with Gasteiger partial charge in [-0.1, -0.05) is 12.1 Å². The van der Waals surface area contributed by atoms with Crippen LogP contribution in [0.2, 0.25) is 0 Å². The Kier molecular flexibility index (Phi) is 4.91. The van der Waals surface area contributed by atoms with Crippen LogP contribution in [0, 0.1) is 0 Å². The molecule has 1 saturated carbocycles. The number of benzene rings is 1. The normalized spacial score (nSPS) is 17.5. The molecule has 0 unspecified atom stereocenters. The van der Waals surface area contributed by atoms with Gasteiger partial charge in [0, 0.05) is 18.6 Å². The van der Waals surface area contributed by atoms with Crippen LogP contribution in [0.1, 0.15) is 26.2 Å². The molecule has 5 nitrogen and oxygen atoms in total. The molecule has 0 aromatic heterocycles. The Hall–Kier alpha value is -1.11. The van der Waals surface area contributed by atoms with Gasteiger partial charge in [0.25, 0.3) is 0 Å². The maximum atomic E-state index is 12.6. The van der Waals surface area contributed by atoms with Crippen molar-refractivity contribution < 1.29 is 8.42 Å². The first kappa shape index (κ1) is 16.3. The minimum Gasteiger partial charge on any atom is -0.384 e. The number of anilines is 1. The summed E-state index contributed by atoms with van der Waals surface area (Å²) in [5, 5.41) is 3.10. The van der Waals surface area contributed by atoms with Crippen LogP contribution >= 0.6 is 0 Å². The van der Waals surface area contributed by atoms with E-state index < -0.39 is 10.0 Å². The molecule has 118 valence electrons. The molecular weight excluding hydrogens is 286 g/mol. The zero-order valence-corrected chi connectivity index (χ0v) is 13.8. The standard InChI is InChI=1S/C15H25N3O2S/c1-4-16-13-8-5-6-9-14(13)21(19,20)17-12-15(18(2)3)10-7-11-15/h5-6,8-9,16-17H,4,7,10-12H2,1-3H3. The third-order valence-electron chi connectivity index (χ3n) is 4.37. The fourth-order valence-corrected chi connectivity index (χ4v) is 4.01. The first-order chi connectivity index (χ1) is 9.91. The van der Waals surface area contributed by atoms with Crippen LogP contribution in [0.15, 0.2) is 29.2 Å². The van der Waals surface area contributed by atoms with Crippen molar-refractivity contribution in [2.75, 3.05) is 32.5 Å². The summed E-state index contributed by atoms with van der Waals surface area (Å²) in [4.78, 5) is 2.45. The summed E-state index contributed by atoms with van der Waals surface area (Å²) >= 11 is 0. The third-order valence-corrected chi connectivity index (χ3v) is 5.83. The molecule has 2 N–H and O–H groups in total. The lowest BCUT2D eigenvalue weighted by molar-refractivity contribution is 0.0657. The van der Waals surface area contributed by atoms with Gasteiger partial charge < -0.3 is 10.2 Å². The summed E-state index contributed by atoms with van der Waals surface area (Å²) in [5.41, 5.74) is 0.625. The molecule has 0 heterocycles. The lowest BCUT2D eigenvalue weighted by Crippen LogP contribution is -2.57. The van der Waals surface area contributed by atoms with E-state index in [1.165, 1.54) is 0 Å². The van der Waals surface area contributed by atoms with Crippen LogP contribution in [-0.2, 0) is 10.0 Å². The SMILES string of the molecule is CCNc1ccccc1S(=O)(=O)NCC1(N(C)C)CCC1. The molecule has 1 aromatic carbocycles. The number of para-hydroxylation sites is 1. The number of sulfonamides is 1. The van der Waals surface area contributed by atoms with E-state index in [1.54, 1.807) is 18.2 Å². The summed E-state index contributed by atoms with van der Waals surface area (Å²) in [7, 11) is 0.533. The molecule has 0 radical (unpaired) electrons. The zero-order valence-electron chi connectivity index (χ0n) is 13.0. The quantitative estimate of drug-likeness (QED) is 0.807. The van der Waals surface area contributed by atoms with Crippen LogP contribution in [0.5, 0.6) is 0 Å². The van der Waals surface area contributed by atoms with Gasteiger partial charge in [-0.2, -0.15) is 0 Å². The number of rotatable bonds is 7. The number of nitrogens with one attached hydrogen (secondary N) is 2. The number of hydrogen-bond acceptors (Lipinski definition) is 4. The van der Waals surface area contributed by atoms with Crippen molar-refractivity contribution in [3.8, 4) is 0 Å². The van der Waals surface area contributed by atoms with Gasteiger partial charge >= 0.3 is 0 Å². The Labute approximate surface area is 127 Å². The van der Waals surface area contributed by atoms with Crippen LogP contribution in [0.4, 0.5) is 5.69 Å². The summed E-state index contributed by atoms with van der Waals surface area (Å²) in [6.07, 6.45) is 3.24. The lowest BCUT2D eigenvalue weighted by Gasteiger charge is -2.47. The molecule has 1 fully saturated rings. The van der Waals surface area contributed by atoms with Gasteiger partial charge in [0.1, 0.15) is 4.90 Å². The van der Waals surface area contributed by atoms with Gasteiger partial charge in [0.15, 0.2) is 0 Å². The highest BCUT2D eigenvalue weighted by Gasteiger charge is 2.40. The first-order valence-corrected chi connectivity index (χ1v) is 8.90. The average Bonchev–Trinajstić information content (AvgIpc) is 2.37. The molecule has 0 atom stereocenters. The highest BCUT2D eigenvalue weighted by Crippen LogP contribution is 2.35. The Balaban J connectivity index is 2.15. The molecule has 6 heteroatoms. The zero-order chi connectivity index (χ0) is 15.5. The molecule has 21 heavy (non-hydrogen) atoms. The lowest BCUT2D eigenvalue weighted by atomic mass is 9.76. The number of nitrogens with zero attached hydrogens (tertiary/aromatic N) is 1. The smallest absolute Gasteiger partial charge is 0.242 e. The molecule has 1 aromatic rings. The van der Waals surface area contributed by atoms with Crippen LogP contribution in [0.25, 0.3) is 0 Å². The van der Waals surface area contributed by atoms with Gasteiger partial charge in [-0.05, 0) is 52.4 Å². The van der Waals surface area contributed by atoms with Crippen molar-refractivity contribution in [3.05, 3.63) is 24.3 Å². The molecule has 0 saturated heterocycles. The molecule has 1 aliphatic rings. The summed E-state index contributed by atoms with van der Waals surface area (Å²) < 4.78 is 27.9. The van der Waals surface area contributed by atoms with Gasteiger partial charge in [-0.25, -0.2) is 13.1 Å². The van der Waals surface area contributed by atoms with Crippen LogP contribution < -0.4 is 10.0 Å². The second-order valence-corrected chi connectivity index (χ2v) is 7.56. The highest BCUT2D eigenvalue weighted by molar-refractivity contribution is 7.89. The first-order valence-electron chi connectivity index (χ1n) is 7.41. The number of likely N-dealkylation sites (N-methyl/N-ethyl adjacent to an activating group) is 1. The Bertz CT molecular complexity index is 580. The van der Waals surface area contributed by atoms with E-state index in [1.807, 2.05) is 27.1 Å². The van der Waals surface area contributed by atoms with Gasteiger partial charge in [-0.3, -0.25) is 0 Å². The summed E-state index contributed by atoms with van der Waals surface area (Å²) in [5.74, 6) is 0. The minimum absolute atomic E-state index is 0.0276. The van der Waals surface area contributed by atoms with E-state index in [-0.39, 0.29) is 5.54 Å². The van der Waals surface area contributed by atoms with E-state index in [4.69, 9.17) is 0 Å². The molecule has 0 spiro atoms. The predicted molar refractivity (Wildman–Crippen MR) is 86.1 cm³/mol. The Morgan fingerprint density at radius 3 is 2.43 bits per heavy atom. The molecule has 0 aliphatic heterocycles.